The topological polar surface area (TPSA) is 120 Å². The number of nitrogens with one attached hydrogen (secondary N) is 3. The number of aliphatic hydroxyl groups is 2. The van der Waals surface area contributed by atoms with Crippen LogP contribution in [0.2, 0.25) is 0 Å². The number of fused-ring (bicyclic) bond motifs is 1. The Bertz CT molecular complexity index is 1220. The predicted octanol–water partition coefficient (Wildman–Crippen LogP) is 3.66. The smallest absolute Gasteiger partial charge is 0.319 e. The number of rotatable bonds is 6. The number of H-pyrrole nitrogens is 1. The number of aromatic amines is 1. The summed E-state index contributed by atoms with van der Waals surface area (Å²) < 4.78 is 5.69. The Morgan fingerprint density at radius 2 is 1.74 bits per heavy atom. The standard InChI is InChI=1S/C26H26N4O4/c31-15-23-21(32)14-22(34-23)25-28-19-12-11-18(13-20(19)29-25)27-26(33)30-24(16-7-3-1-4-8-16)17-9-5-2-6-10-17/h1-13,21-24,31-32H,14-15H2,(H,28,29)(H2,27,30,33)/t21-,22+,23+/m0/s1. The Morgan fingerprint density at radius 3 is 2.35 bits per heavy atom. The summed E-state index contributed by atoms with van der Waals surface area (Å²) in [6.45, 7) is -0.242. The van der Waals surface area contributed by atoms with E-state index in [-0.39, 0.29) is 18.7 Å². The van der Waals surface area contributed by atoms with Crippen molar-refractivity contribution in [1.82, 2.24) is 15.3 Å². The normalized spacial score (nSPS) is 20.0. The van der Waals surface area contributed by atoms with Crippen LogP contribution in [-0.4, -0.2) is 45.0 Å². The maximum Gasteiger partial charge on any atom is 0.319 e. The van der Waals surface area contributed by atoms with Crippen molar-refractivity contribution >= 4 is 22.8 Å². The molecule has 8 heteroatoms. The maximum atomic E-state index is 12.9. The lowest BCUT2D eigenvalue weighted by Crippen LogP contribution is -2.33. The SMILES string of the molecule is O=C(Nc1ccc2nc([C@H]3C[C@H](O)[C@@H](CO)O3)[nH]c2c1)NC(c1ccccc1)c1ccccc1. The molecule has 1 aromatic heterocycles. The van der Waals surface area contributed by atoms with Gasteiger partial charge in [0.2, 0.25) is 0 Å². The quantitative estimate of drug-likeness (QED) is 0.302. The van der Waals surface area contributed by atoms with Crippen LogP contribution in [0.5, 0.6) is 0 Å². The Kier molecular flexibility index (Phi) is 6.27. The van der Waals surface area contributed by atoms with E-state index in [1.54, 1.807) is 12.1 Å². The van der Waals surface area contributed by atoms with Gasteiger partial charge >= 0.3 is 6.03 Å². The predicted molar refractivity (Wildman–Crippen MR) is 128 cm³/mol. The highest BCUT2D eigenvalue weighted by atomic mass is 16.5. The van der Waals surface area contributed by atoms with Gasteiger partial charge in [0.1, 0.15) is 18.0 Å². The average molecular weight is 459 g/mol. The van der Waals surface area contributed by atoms with Gasteiger partial charge in [-0.2, -0.15) is 0 Å². The van der Waals surface area contributed by atoms with Crippen LogP contribution in [0, 0.1) is 0 Å². The van der Waals surface area contributed by atoms with Gasteiger partial charge in [0, 0.05) is 12.1 Å². The van der Waals surface area contributed by atoms with Crippen molar-refractivity contribution in [2.75, 3.05) is 11.9 Å². The molecule has 0 bridgehead atoms. The van der Waals surface area contributed by atoms with Crippen molar-refractivity contribution in [3.05, 3.63) is 95.8 Å². The zero-order chi connectivity index (χ0) is 23.5. The fourth-order valence-electron chi connectivity index (χ4n) is 4.28. The van der Waals surface area contributed by atoms with E-state index in [0.29, 0.717) is 17.9 Å². The number of hydrogen-bond acceptors (Lipinski definition) is 5. The monoisotopic (exact) mass is 458 g/mol. The molecular weight excluding hydrogens is 432 g/mol. The summed E-state index contributed by atoms with van der Waals surface area (Å²) in [5, 5.41) is 25.3. The van der Waals surface area contributed by atoms with E-state index >= 15 is 0 Å². The molecule has 3 aromatic carbocycles. The molecule has 0 aliphatic carbocycles. The third-order valence-electron chi connectivity index (χ3n) is 6.01. The molecule has 5 rings (SSSR count). The van der Waals surface area contributed by atoms with E-state index in [1.165, 1.54) is 0 Å². The third kappa shape index (κ3) is 4.65. The summed E-state index contributed by atoms with van der Waals surface area (Å²) in [4.78, 5) is 20.7. The van der Waals surface area contributed by atoms with Crippen LogP contribution in [0.4, 0.5) is 10.5 Å². The first-order valence-corrected chi connectivity index (χ1v) is 11.2. The number of carbonyl (C=O) groups excluding carboxylic acids is 1. The second kappa shape index (κ2) is 9.64. The van der Waals surface area contributed by atoms with Crippen LogP contribution in [0.15, 0.2) is 78.9 Å². The van der Waals surface area contributed by atoms with Gasteiger partial charge in [-0.05, 0) is 29.3 Å². The molecule has 1 fully saturated rings. The zero-order valence-corrected chi connectivity index (χ0v) is 18.4. The van der Waals surface area contributed by atoms with Gasteiger partial charge < -0.3 is 30.6 Å². The molecule has 1 aliphatic heterocycles. The lowest BCUT2D eigenvalue weighted by molar-refractivity contribution is -0.0244. The van der Waals surface area contributed by atoms with E-state index in [9.17, 15) is 15.0 Å². The number of ether oxygens (including phenoxy) is 1. The number of urea groups is 1. The molecule has 0 spiro atoms. The highest BCUT2D eigenvalue weighted by molar-refractivity contribution is 5.92. The van der Waals surface area contributed by atoms with Gasteiger partial charge in [0.25, 0.3) is 0 Å². The van der Waals surface area contributed by atoms with Crippen LogP contribution in [0.1, 0.15) is 35.5 Å². The number of carbonyl (C=O) groups is 1. The molecule has 174 valence electrons. The van der Waals surface area contributed by atoms with E-state index < -0.39 is 18.3 Å². The van der Waals surface area contributed by atoms with Crippen LogP contribution < -0.4 is 10.6 Å². The van der Waals surface area contributed by atoms with E-state index in [1.807, 2.05) is 66.7 Å². The molecule has 2 heterocycles. The third-order valence-corrected chi connectivity index (χ3v) is 6.01. The summed E-state index contributed by atoms with van der Waals surface area (Å²) in [5.41, 5.74) is 4.04. The summed E-state index contributed by atoms with van der Waals surface area (Å²) in [5.74, 6) is 0.583. The molecular formula is C26H26N4O4. The highest BCUT2D eigenvalue weighted by Crippen LogP contribution is 2.32. The Labute approximate surface area is 196 Å². The van der Waals surface area contributed by atoms with E-state index in [0.717, 1.165) is 22.2 Å². The molecule has 4 aromatic rings. The number of benzene rings is 3. The number of imidazole rings is 1. The first-order valence-electron chi connectivity index (χ1n) is 11.2. The number of amides is 2. The average Bonchev–Trinajstić information content (AvgIpc) is 3.46. The van der Waals surface area contributed by atoms with E-state index in [4.69, 9.17) is 4.74 Å². The minimum absolute atomic E-state index is 0.242. The van der Waals surface area contributed by atoms with Crippen molar-refractivity contribution < 1.29 is 19.7 Å². The number of hydrogen-bond donors (Lipinski definition) is 5. The van der Waals surface area contributed by atoms with Gasteiger partial charge in [-0.1, -0.05) is 60.7 Å². The van der Waals surface area contributed by atoms with Crippen LogP contribution >= 0.6 is 0 Å². The molecule has 0 unspecified atom stereocenters. The highest BCUT2D eigenvalue weighted by Gasteiger charge is 2.35. The van der Waals surface area contributed by atoms with Crippen LogP contribution in [0.3, 0.4) is 0 Å². The first-order chi connectivity index (χ1) is 16.6. The number of aromatic nitrogens is 2. The molecule has 5 N–H and O–H groups in total. The fourth-order valence-corrected chi connectivity index (χ4v) is 4.28. The Hall–Kier alpha value is -3.72. The van der Waals surface area contributed by atoms with Gasteiger partial charge in [-0.15, -0.1) is 0 Å². The Morgan fingerprint density at radius 1 is 1.06 bits per heavy atom. The van der Waals surface area contributed by atoms with Crippen molar-refractivity contribution in [2.24, 2.45) is 0 Å². The number of anilines is 1. The molecule has 34 heavy (non-hydrogen) atoms. The van der Waals surface area contributed by atoms with Crippen LogP contribution in [0.25, 0.3) is 11.0 Å². The van der Waals surface area contributed by atoms with Crippen molar-refractivity contribution in [3.63, 3.8) is 0 Å². The largest absolute Gasteiger partial charge is 0.394 e. The van der Waals surface area contributed by atoms with Crippen molar-refractivity contribution in [3.8, 4) is 0 Å². The van der Waals surface area contributed by atoms with Gasteiger partial charge in [-0.25, -0.2) is 9.78 Å². The molecule has 0 saturated carbocycles. The maximum absolute atomic E-state index is 12.9. The molecule has 1 aliphatic rings. The molecule has 3 atom stereocenters. The minimum atomic E-state index is -0.730. The second-order valence-electron chi connectivity index (χ2n) is 8.36. The molecule has 2 amide bonds. The van der Waals surface area contributed by atoms with Crippen molar-refractivity contribution in [2.45, 2.75) is 30.8 Å². The summed E-state index contributed by atoms with van der Waals surface area (Å²) in [6, 6.07) is 24.4. The zero-order valence-electron chi connectivity index (χ0n) is 18.4. The van der Waals surface area contributed by atoms with Gasteiger partial charge in [0.15, 0.2) is 0 Å². The van der Waals surface area contributed by atoms with Gasteiger partial charge in [0.05, 0.1) is 29.8 Å². The Balaban J connectivity index is 1.32. The minimum Gasteiger partial charge on any atom is -0.394 e. The number of aliphatic hydroxyl groups excluding tert-OH is 2. The second-order valence-corrected chi connectivity index (χ2v) is 8.36. The lowest BCUT2D eigenvalue weighted by atomic mass is 9.99. The number of nitrogens with zero attached hydrogens (tertiary/aromatic N) is 1. The van der Waals surface area contributed by atoms with Crippen molar-refractivity contribution in [1.29, 1.82) is 0 Å². The van der Waals surface area contributed by atoms with Gasteiger partial charge in [-0.3, -0.25) is 0 Å². The summed E-state index contributed by atoms with van der Waals surface area (Å²) >= 11 is 0. The lowest BCUT2D eigenvalue weighted by Gasteiger charge is -2.20. The summed E-state index contributed by atoms with van der Waals surface area (Å²) in [7, 11) is 0. The molecule has 8 nitrogen and oxygen atoms in total. The molecule has 0 radical (unpaired) electrons. The first kappa shape index (κ1) is 22.1. The van der Waals surface area contributed by atoms with Crippen LogP contribution in [-0.2, 0) is 4.74 Å². The summed E-state index contributed by atoms with van der Waals surface area (Å²) in [6.07, 6.45) is -1.40. The fraction of sp³-hybridized carbons (Fsp3) is 0.231. The van der Waals surface area contributed by atoms with E-state index in [2.05, 4.69) is 20.6 Å². The molecule has 1 saturated heterocycles.